The molecule has 0 aliphatic carbocycles. The molecule has 0 bridgehead atoms. The van der Waals surface area contributed by atoms with Crippen molar-refractivity contribution in [1.29, 1.82) is 0 Å². The van der Waals surface area contributed by atoms with Gasteiger partial charge in [0.15, 0.2) is 0 Å². The predicted molar refractivity (Wildman–Crippen MR) is 65.1 cm³/mol. The molecule has 20 heavy (non-hydrogen) atoms. The lowest BCUT2D eigenvalue weighted by Crippen LogP contribution is -2.06. The largest absolute Gasteiger partial charge is 0.481 e. The van der Waals surface area contributed by atoms with E-state index in [0.29, 0.717) is 5.76 Å². The van der Waals surface area contributed by atoms with Gasteiger partial charge in [0, 0.05) is 12.0 Å². The van der Waals surface area contributed by atoms with E-state index in [4.69, 9.17) is 9.52 Å². The van der Waals surface area contributed by atoms with Gasteiger partial charge in [-0.3, -0.25) is 4.79 Å². The van der Waals surface area contributed by atoms with E-state index in [1.807, 2.05) is 0 Å². The highest BCUT2D eigenvalue weighted by atomic mass is 19.4. The van der Waals surface area contributed by atoms with E-state index in [0.717, 1.165) is 6.07 Å². The van der Waals surface area contributed by atoms with Gasteiger partial charge in [0.05, 0.1) is 12.0 Å². The van der Waals surface area contributed by atoms with E-state index in [1.54, 1.807) is 0 Å². The summed E-state index contributed by atoms with van der Waals surface area (Å²) in [5.74, 6) is -0.559. The Bertz CT molecular complexity index is 614. The van der Waals surface area contributed by atoms with Crippen LogP contribution in [0, 0.1) is 0 Å². The fourth-order valence-corrected chi connectivity index (χ4v) is 1.83. The molecule has 1 N–H and O–H groups in total. The first kappa shape index (κ1) is 14.2. The molecule has 0 unspecified atom stereocenters. The number of carbonyl (C=O) groups is 1. The first-order valence-corrected chi connectivity index (χ1v) is 5.85. The lowest BCUT2D eigenvalue weighted by Gasteiger charge is -2.10. The molecule has 1 heterocycles. The Morgan fingerprint density at radius 3 is 2.50 bits per heavy atom. The van der Waals surface area contributed by atoms with Crippen molar-refractivity contribution in [3.63, 3.8) is 0 Å². The van der Waals surface area contributed by atoms with Crippen LogP contribution >= 0.6 is 0 Å². The highest BCUT2D eigenvalue weighted by Gasteiger charge is 2.34. The van der Waals surface area contributed by atoms with E-state index in [-0.39, 0.29) is 24.2 Å². The lowest BCUT2D eigenvalue weighted by molar-refractivity contribution is -0.137. The Labute approximate surface area is 112 Å². The Kier molecular flexibility index (Phi) is 3.83. The molecule has 2 aromatic rings. The van der Waals surface area contributed by atoms with Crippen LogP contribution in [0.4, 0.5) is 13.2 Å². The number of halogens is 3. The van der Waals surface area contributed by atoms with Crippen LogP contribution in [0.2, 0.25) is 0 Å². The third kappa shape index (κ3) is 3.20. The van der Waals surface area contributed by atoms with Crippen LogP contribution in [0.5, 0.6) is 0 Å². The standard InChI is InChI=1S/C14H11F3O3/c15-14(16,17)11-4-2-1-3-10(11)12-7-5-9(20-12)6-8-13(18)19/h1-5,7H,6,8H2,(H,18,19). The number of alkyl halides is 3. The normalized spacial score (nSPS) is 11.6. The number of benzene rings is 1. The molecule has 1 aromatic heterocycles. The van der Waals surface area contributed by atoms with Gasteiger partial charge in [-0.05, 0) is 18.2 Å². The number of aliphatic carboxylic acids is 1. The maximum Gasteiger partial charge on any atom is 0.417 e. The quantitative estimate of drug-likeness (QED) is 0.923. The Hall–Kier alpha value is -2.24. The smallest absolute Gasteiger partial charge is 0.417 e. The molecule has 0 saturated heterocycles. The Morgan fingerprint density at radius 1 is 1.15 bits per heavy atom. The van der Waals surface area contributed by atoms with E-state index in [2.05, 4.69) is 0 Å². The van der Waals surface area contributed by atoms with Crippen molar-refractivity contribution in [2.45, 2.75) is 19.0 Å². The molecule has 0 aliphatic rings. The van der Waals surface area contributed by atoms with Gasteiger partial charge in [-0.25, -0.2) is 0 Å². The van der Waals surface area contributed by atoms with Crippen LogP contribution < -0.4 is 0 Å². The molecule has 3 nitrogen and oxygen atoms in total. The van der Waals surface area contributed by atoms with Gasteiger partial charge in [-0.1, -0.05) is 18.2 Å². The van der Waals surface area contributed by atoms with Gasteiger partial charge < -0.3 is 9.52 Å². The fourth-order valence-electron chi connectivity index (χ4n) is 1.83. The highest BCUT2D eigenvalue weighted by Crippen LogP contribution is 2.37. The fraction of sp³-hybridized carbons (Fsp3) is 0.214. The van der Waals surface area contributed by atoms with Gasteiger partial charge in [0.2, 0.25) is 0 Å². The first-order chi connectivity index (χ1) is 9.38. The van der Waals surface area contributed by atoms with Gasteiger partial charge in [0.1, 0.15) is 11.5 Å². The number of furan rings is 1. The third-order valence-electron chi connectivity index (χ3n) is 2.74. The minimum Gasteiger partial charge on any atom is -0.481 e. The molecule has 1 aromatic carbocycles. The molecular formula is C14H11F3O3. The van der Waals surface area contributed by atoms with Crippen LogP contribution in [-0.2, 0) is 17.4 Å². The summed E-state index contributed by atoms with van der Waals surface area (Å²) >= 11 is 0. The summed E-state index contributed by atoms with van der Waals surface area (Å²) in [5, 5.41) is 8.56. The van der Waals surface area contributed by atoms with Gasteiger partial charge in [0.25, 0.3) is 0 Å². The topological polar surface area (TPSA) is 50.4 Å². The van der Waals surface area contributed by atoms with Crippen LogP contribution in [0.1, 0.15) is 17.7 Å². The summed E-state index contributed by atoms with van der Waals surface area (Å²) in [4.78, 5) is 10.4. The van der Waals surface area contributed by atoms with E-state index < -0.39 is 17.7 Å². The van der Waals surface area contributed by atoms with Gasteiger partial charge in [-0.15, -0.1) is 0 Å². The minimum atomic E-state index is -4.47. The summed E-state index contributed by atoms with van der Waals surface area (Å²) in [6, 6.07) is 8.01. The zero-order chi connectivity index (χ0) is 14.8. The van der Waals surface area contributed by atoms with Crippen molar-refractivity contribution in [2.75, 3.05) is 0 Å². The number of carboxylic acid groups (broad SMARTS) is 1. The maximum atomic E-state index is 12.9. The molecule has 2 rings (SSSR count). The SMILES string of the molecule is O=C(O)CCc1ccc(-c2ccccc2C(F)(F)F)o1. The summed E-state index contributed by atoms with van der Waals surface area (Å²) in [6.45, 7) is 0. The van der Waals surface area contributed by atoms with Crippen LogP contribution in [-0.4, -0.2) is 11.1 Å². The summed E-state index contributed by atoms with van der Waals surface area (Å²) in [6.07, 6.45) is -4.46. The van der Waals surface area contributed by atoms with Crippen molar-refractivity contribution in [3.8, 4) is 11.3 Å². The monoisotopic (exact) mass is 284 g/mol. The van der Waals surface area contributed by atoms with Gasteiger partial charge in [-0.2, -0.15) is 13.2 Å². The maximum absolute atomic E-state index is 12.9. The van der Waals surface area contributed by atoms with Crippen molar-refractivity contribution < 1.29 is 27.5 Å². The number of carboxylic acids is 1. The van der Waals surface area contributed by atoms with Crippen LogP contribution in [0.15, 0.2) is 40.8 Å². The Morgan fingerprint density at radius 2 is 1.85 bits per heavy atom. The molecule has 0 radical (unpaired) electrons. The minimum absolute atomic E-state index is 0.0541. The van der Waals surface area contributed by atoms with Crippen molar-refractivity contribution in [3.05, 3.63) is 47.7 Å². The second kappa shape index (κ2) is 5.40. The van der Waals surface area contributed by atoms with Crippen LogP contribution in [0.3, 0.4) is 0 Å². The average molecular weight is 284 g/mol. The van der Waals surface area contributed by atoms with E-state index >= 15 is 0 Å². The molecule has 0 spiro atoms. The van der Waals surface area contributed by atoms with Crippen LogP contribution in [0.25, 0.3) is 11.3 Å². The second-order valence-electron chi connectivity index (χ2n) is 4.20. The van der Waals surface area contributed by atoms with E-state index in [1.165, 1.54) is 30.3 Å². The van der Waals surface area contributed by atoms with Crippen molar-refractivity contribution in [1.82, 2.24) is 0 Å². The average Bonchev–Trinajstić information content (AvgIpc) is 2.84. The molecule has 0 saturated carbocycles. The highest BCUT2D eigenvalue weighted by molar-refractivity contribution is 5.67. The van der Waals surface area contributed by atoms with Crippen molar-refractivity contribution >= 4 is 5.97 Å². The molecule has 0 atom stereocenters. The number of rotatable bonds is 4. The first-order valence-electron chi connectivity index (χ1n) is 5.85. The zero-order valence-corrected chi connectivity index (χ0v) is 10.3. The number of aryl methyl sites for hydroxylation is 1. The molecule has 0 amide bonds. The molecule has 106 valence electrons. The molecular weight excluding hydrogens is 273 g/mol. The second-order valence-corrected chi connectivity index (χ2v) is 4.20. The van der Waals surface area contributed by atoms with E-state index in [9.17, 15) is 18.0 Å². The molecule has 0 fully saturated rings. The summed E-state index contributed by atoms with van der Waals surface area (Å²) < 4.78 is 43.9. The number of hydrogen-bond acceptors (Lipinski definition) is 2. The molecule has 6 heteroatoms. The summed E-state index contributed by atoms with van der Waals surface area (Å²) in [7, 11) is 0. The number of hydrogen-bond donors (Lipinski definition) is 1. The lowest BCUT2D eigenvalue weighted by atomic mass is 10.1. The summed E-state index contributed by atoms with van der Waals surface area (Å²) in [5.41, 5.74) is -0.833. The van der Waals surface area contributed by atoms with Crippen molar-refractivity contribution in [2.24, 2.45) is 0 Å². The zero-order valence-electron chi connectivity index (χ0n) is 10.3. The van der Waals surface area contributed by atoms with Gasteiger partial charge >= 0.3 is 12.1 Å². The third-order valence-corrected chi connectivity index (χ3v) is 2.74. The molecule has 0 aliphatic heterocycles. The Balaban J connectivity index is 2.31. The predicted octanol–water partition coefficient (Wildman–Crippen LogP) is 3.98.